The van der Waals surface area contributed by atoms with Crippen LogP contribution >= 0.6 is 0 Å². The minimum Gasteiger partial charge on any atom is -0.384 e. The average molecular weight is 303 g/mol. The third kappa shape index (κ3) is 3.23. The highest BCUT2D eigenvalue weighted by atomic mass is 19.4. The molecule has 7 heteroatoms. The average Bonchev–Trinajstić information content (AvgIpc) is 2.36. The van der Waals surface area contributed by atoms with Gasteiger partial charge >= 0.3 is 6.18 Å². The second-order valence-electron chi connectivity index (χ2n) is 5.86. The van der Waals surface area contributed by atoms with Crippen molar-refractivity contribution in [2.75, 3.05) is 17.7 Å². The van der Waals surface area contributed by atoms with Gasteiger partial charge in [0.05, 0.1) is 11.7 Å². The van der Waals surface area contributed by atoms with E-state index in [1.807, 2.05) is 20.8 Å². The molecule has 1 fully saturated rings. The quantitative estimate of drug-likeness (QED) is 0.896. The van der Waals surface area contributed by atoms with Crippen LogP contribution in [0.2, 0.25) is 0 Å². The van der Waals surface area contributed by atoms with Gasteiger partial charge in [-0.1, -0.05) is 13.8 Å². The van der Waals surface area contributed by atoms with E-state index >= 15 is 0 Å². The van der Waals surface area contributed by atoms with Crippen LogP contribution in [0, 0.1) is 5.41 Å². The molecule has 2 unspecified atom stereocenters. The Morgan fingerprint density at radius 2 is 2.10 bits per heavy atom. The first-order valence-electron chi connectivity index (χ1n) is 6.87. The number of pyridine rings is 1. The van der Waals surface area contributed by atoms with E-state index < -0.39 is 11.7 Å². The van der Waals surface area contributed by atoms with Gasteiger partial charge in [0.2, 0.25) is 0 Å². The molecule has 2 atom stereocenters. The first-order chi connectivity index (χ1) is 9.64. The summed E-state index contributed by atoms with van der Waals surface area (Å²) in [6, 6.07) is 1.82. The lowest BCUT2D eigenvalue weighted by atomic mass is 9.64. The Morgan fingerprint density at radius 3 is 2.62 bits per heavy atom. The van der Waals surface area contributed by atoms with E-state index in [2.05, 4.69) is 10.3 Å². The third-order valence-corrected chi connectivity index (χ3v) is 4.04. The molecule has 0 amide bonds. The van der Waals surface area contributed by atoms with E-state index in [-0.39, 0.29) is 29.2 Å². The molecular weight excluding hydrogens is 283 g/mol. The molecule has 0 spiro atoms. The standard InChI is InChI=1S/C14H20F3N3O/c1-4-21-10-7-9(13(10,2)3)19-12-6-8(14(15,16)17)5-11(18)20-12/h5-6,9-10H,4,7H2,1-3H3,(H3,18,19,20). The van der Waals surface area contributed by atoms with Gasteiger partial charge < -0.3 is 15.8 Å². The van der Waals surface area contributed by atoms with Gasteiger partial charge in [0.15, 0.2) is 0 Å². The molecule has 0 radical (unpaired) electrons. The van der Waals surface area contributed by atoms with Crippen molar-refractivity contribution in [3.05, 3.63) is 17.7 Å². The molecule has 1 aliphatic carbocycles. The van der Waals surface area contributed by atoms with Crippen molar-refractivity contribution in [2.24, 2.45) is 5.41 Å². The van der Waals surface area contributed by atoms with Crippen molar-refractivity contribution < 1.29 is 17.9 Å². The van der Waals surface area contributed by atoms with E-state index in [0.717, 1.165) is 18.6 Å². The van der Waals surface area contributed by atoms with Crippen molar-refractivity contribution >= 4 is 11.6 Å². The third-order valence-electron chi connectivity index (χ3n) is 4.04. The summed E-state index contributed by atoms with van der Waals surface area (Å²) >= 11 is 0. The van der Waals surface area contributed by atoms with E-state index in [1.54, 1.807) is 0 Å². The van der Waals surface area contributed by atoms with Crippen molar-refractivity contribution in [3.8, 4) is 0 Å². The largest absolute Gasteiger partial charge is 0.416 e. The van der Waals surface area contributed by atoms with E-state index in [4.69, 9.17) is 10.5 Å². The molecule has 118 valence electrons. The highest BCUT2D eigenvalue weighted by Gasteiger charge is 2.49. The molecule has 4 nitrogen and oxygen atoms in total. The van der Waals surface area contributed by atoms with Crippen molar-refractivity contribution in [3.63, 3.8) is 0 Å². The summed E-state index contributed by atoms with van der Waals surface area (Å²) in [6.45, 7) is 6.58. The number of nitrogens with zero attached hydrogens (tertiary/aromatic N) is 1. The molecule has 0 aliphatic heterocycles. The Balaban J connectivity index is 2.13. The van der Waals surface area contributed by atoms with Gasteiger partial charge in [-0.2, -0.15) is 13.2 Å². The molecule has 0 saturated heterocycles. The fourth-order valence-corrected chi connectivity index (χ4v) is 2.58. The van der Waals surface area contributed by atoms with Crippen LogP contribution in [0.3, 0.4) is 0 Å². The zero-order valence-corrected chi connectivity index (χ0v) is 12.3. The van der Waals surface area contributed by atoms with Gasteiger partial charge in [-0.15, -0.1) is 0 Å². The molecule has 1 aliphatic rings. The van der Waals surface area contributed by atoms with Crippen molar-refractivity contribution in [1.29, 1.82) is 0 Å². The zero-order valence-electron chi connectivity index (χ0n) is 12.3. The van der Waals surface area contributed by atoms with Crippen molar-refractivity contribution in [1.82, 2.24) is 4.98 Å². The number of nitrogens with one attached hydrogen (secondary N) is 1. The van der Waals surface area contributed by atoms with Crippen LogP contribution in [0.25, 0.3) is 0 Å². The van der Waals surface area contributed by atoms with Crippen LogP contribution in [0.4, 0.5) is 24.8 Å². The predicted octanol–water partition coefficient (Wildman–Crippen LogP) is 3.30. The number of ether oxygens (including phenoxy) is 1. The molecule has 0 bridgehead atoms. The number of nitrogen functional groups attached to an aromatic ring is 1. The number of halogens is 3. The Hall–Kier alpha value is -1.50. The van der Waals surface area contributed by atoms with Crippen LogP contribution in [-0.4, -0.2) is 23.7 Å². The first kappa shape index (κ1) is 15.9. The normalized spacial score (nSPS) is 24.5. The van der Waals surface area contributed by atoms with E-state index in [1.165, 1.54) is 0 Å². The second kappa shape index (κ2) is 5.36. The number of alkyl halides is 3. The molecule has 1 aromatic heterocycles. The summed E-state index contributed by atoms with van der Waals surface area (Å²) in [5.41, 5.74) is 4.50. The highest BCUT2D eigenvalue weighted by molar-refractivity contribution is 5.48. The number of anilines is 2. The Kier molecular flexibility index (Phi) is 4.06. The van der Waals surface area contributed by atoms with Gasteiger partial charge in [-0.25, -0.2) is 4.98 Å². The molecule has 2 rings (SSSR count). The number of hydrogen-bond acceptors (Lipinski definition) is 4. The van der Waals surface area contributed by atoms with Crippen molar-refractivity contribution in [2.45, 2.75) is 45.5 Å². The maximum atomic E-state index is 12.8. The summed E-state index contributed by atoms with van der Waals surface area (Å²) in [5, 5.41) is 3.04. The monoisotopic (exact) mass is 303 g/mol. The summed E-state index contributed by atoms with van der Waals surface area (Å²) in [5.74, 6) is 0.00108. The number of aromatic nitrogens is 1. The number of rotatable bonds is 4. The molecule has 0 aromatic carbocycles. The fourth-order valence-electron chi connectivity index (χ4n) is 2.58. The molecule has 1 heterocycles. The molecular formula is C14H20F3N3O. The smallest absolute Gasteiger partial charge is 0.384 e. The van der Waals surface area contributed by atoms with Gasteiger partial charge in [0.1, 0.15) is 11.6 Å². The molecule has 1 aromatic rings. The summed E-state index contributed by atoms with van der Waals surface area (Å²) in [7, 11) is 0. The SMILES string of the molecule is CCOC1CC(Nc2cc(C(F)(F)F)cc(N)n2)C1(C)C. The van der Waals surface area contributed by atoms with Crippen LogP contribution in [-0.2, 0) is 10.9 Å². The minimum absolute atomic E-state index is 0.00411. The van der Waals surface area contributed by atoms with Gasteiger partial charge in [-0.3, -0.25) is 0 Å². The van der Waals surface area contributed by atoms with Crippen LogP contribution in [0.15, 0.2) is 12.1 Å². The minimum atomic E-state index is -4.43. The highest BCUT2D eigenvalue weighted by Crippen LogP contribution is 2.44. The number of nitrogens with two attached hydrogens (primary N) is 1. The van der Waals surface area contributed by atoms with Crippen LogP contribution in [0.5, 0.6) is 0 Å². The lowest BCUT2D eigenvalue weighted by molar-refractivity contribution is -0.137. The Morgan fingerprint density at radius 1 is 1.43 bits per heavy atom. The topological polar surface area (TPSA) is 60.2 Å². The number of hydrogen-bond donors (Lipinski definition) is 2. The van der Waals surface area contributed by atoms with Crippen LogP contribution in [0.1, 0.15) is 32.8 Å². The van der Waals surface area contributed by atoms with Gasteiger partial charge in [0.25, 0.3) is 0 Å². The maximum absolute atomic E-state index is 12.8. The lowest BCUT2D eigenvalue weighted by Gasteiger charge is -2.51. The summed E-state index contributed by atoms with van der Waals surface area (Å²) in [4.78, 5) is 3.93. The predicted molar refractivity (Wildman–Crippen MR) is 74.9 cm³/mol. The molecule has 21 heavy (non-hydrogen) atoms. The molecule has 1 saturated carbocycles. The van der Waals surface area contributed by atoms with Gasteiger partial charge in [-0.05, 0) is 25.5 Å². The van der Waals surface area contributed by atoms with Gasteiger partial charge in [0, 0.05) is 18.1 Å². The van der Waals surface area contributed by atoms with Crippen LogP contribution < -0.4 is 11.1 Å². The lowest BCUT2D eigenvalue weighted by Crippen LogP contribution is -2.58. The van der Waals surface area contributed by atoms with E-state index in [9.17, 15) is 13.2 Å². The summed E-state index contributed by atoms with van der Waals surface area (Å²) in [6.07, 6.45) is -3.60. The zero-order chi connectivity index (χ0) is 15.8. The summed E-state index contributed by atoms with van der Waals surface area (Å²) < 4.78 is 43.9. The maximum Gasteiger partial charge on any atom is 0.416 e. The second-order valence-corrected chi connectivity index (χ2v) is 5.86. The molecule has 3 N–H and O–H groups in total. The Bertz CT molecular complexity index is 517. The Labute approximate surface area is 121 Å². The fraction of sp³-hybridized carbons (Fsp3) is 0.643. The van der Waals surface area contributed by atoms with E-state index in [0.29, 0.717) is 6.61 Å². The first-order valence-corrected chi connectivity index (χ1v) is 6.87.